The smallest absolute Gasteiger partial charge is 0.258 e. The monoisotopic (exact) mass is 378 g/mol. The summed E-state index contributed by atoms with van der Waals surface area (Å²) in [7, 11) is 0. The van der Waals surface area contributed by atoms with Gasteiger partial charge in [0.2, 0.25) is 0 Å². The molecule has 0 saturated heterocycles. The largest absolute Gasteiger partial charge is 0.269 e. The van der Waals surface area contributed by atoms with Gasteiger partial charge in [0.1, 0.15) is 0 Å². The van der Waals surface area contributed by atoms with Crippen molar-refractivity contribution in [2.45, 2.75) is 0 Å². The van der Waals surface area contributed by atoms with Crippen molar-refractivity contribution in [2.75, 3.05) is 0 Å². The predicted molar refractivity (Wildman–Crippen MR) is 95.2 cm³/mol. The number of rotatable bonds is 3. The first-order valence-corrected chi connectivity index (χ1v) is 7.00. The van der Waals surface area contributed by atoms with Gasteiger partial charge in [0, 0.05) is 28.7 Å². The molecule has 2 aromatic carbocycles. The molecule has 0 amide bonds. The Kier molecular flexibility index (Phi) is 9.54. The highest BCUT2D eigenvalue weighted by Gasteiger charge is 2.02. The fourth-order valence-corrected chi connectivity index (χ4v) is 1.56. The minimum absolute atomic E-state index is 0.107. The van der Waals surface area contributed by atoms with Crippen LogP contribution in [0.1, 0.15) is 5.56 Å². The first-order chi connectivity index (χ1) is 10.9. The molecule has 120 valence electrons. The van der Waals surface area contributed by atoms with Gasteiger partial charge >= 0.3 is 0 Å². The van der Waals surface area contributed by atoms with E-state index in [1.54, 1.807) is 30.3 Å². The zero-order valence-corrected chi connectivity index (χ0v) is 13.8. The fraction of sp³-hybridized carbons (Fsp3) is 0. The van der Waals surface area contributed by atoms with E-state index in [4.69, 9.17) is 0 Å². The SMILES string of the molecule is C=C.C=Cc1ccc([N+](=O)[O-])cc1.O=[N+]([O-])c1ccc(Br)cc1. The first kappa shape index (κ1) is 20.2. The van der Waals surface area contributed by atoms with Gasteiger partial charge in [0.15, 0.2) is 0 Å². The molecule has 6 nitrogen and oxygen atoms in total. The molecule has 0 N–H and O–H groups in total. The number of hydrogen-bond acceptors (Lipinski definition) is 4. The van der Waals surface area contributed by atoms with Gasteiger partial charge in [-0.25, -0.2) is 0 Å². The van der Waals surface area contributed by atoms with E-state index < -0.39 is 9.85 Å². The maximum absolute atomic E-state index is 10.2. The molecule has 2 rings (SSSR count). The third-order valence-electron chi connectivity index (χ3n) is 2.38. The summed E-state index contributed by atoms with van der Waals surface area (Å²) >= 11 is 3.17. The van der Waals surface area contributed by atoms with E-state index in [0.29, 0.717) is 0 Å². The van der Waals surface area contributed by atoms with Crippen molar-refractivity contribution >= 4 is 33.4 Å². The highest BCUT2D eigenvalue weighted by atomic mass is 79.9. The van der Waals surface area contributed by atoms with Crippen molar-refractivity contribution < 1.29 is 9.85 Å². The van der Waals surface area contributed by atoms with Crippen molar-refractivity contribution in [3.8, 4) is 0 Å². The molecular formula is C16H15BrN2O4. The Balaban J connectivity index is 0.000000381. The van der Waals surface area contributed by atoms with Gasteiger partial charge in [-0.05, 0) is 29.8 Å². The van der Waals surface area contributed by atoms with Gasteiger partial charge in [-0.3, -0.25) is 20.2 Å². The molecule has 0 saturated carbocycles. The number of nitro benzene ring substituents is 2. The van der Waals surface area contributed by atoms with E-state index >= 15 is 0 Å². The number of non-ortho nitro benzene ring substituents is 2. The van der Waals surface area contributed by atoms with Crippen LogP contribution in [0.25, 0.3) is 6.08 Å². The van der Waals surface area contributed by atoms with Gasteiger partial charge < -0.3 is 0 Å². The van der Waals surface area contributed by atoms with Gasteiger partial charge in [0.25, 0.3) is 11.4 Å². The van der Waals surface area contributed by atoms with E-state index in [1.165, 1.54) is 24.3 Å². The number of benzene rings is 2. The van der Waals surface area contributed by atoms with Crippen LogP contribution >= 0.6 is 15.9 Å². The molecule has 0 aliphatic carbocycles. The van der Waals surface area contributed by atoms with Crippen LogP contribution in [0.3, 0.4) is 0 Å². The van der Waals surface area contributed by atoms with Gasteiger partial charge in [-0.1, -0.05) is 28.6 Å². The number of nitro groups is 2. The van der Waals surface area contributed by atoms with E-state index in [2.05, 4.69) is 35.7 Å². The van der Waals surface area contributed by atoms with Crippen molar-refractivity contribution in [2.24, 2.45) is 0 Å². The Morgan fingerprint density at radius 1 is 0.826 bits per heavy atom. The zero-order valence-electron chi connectivity index (χ0n) is 12.2. The second-order valence-corrected chi connectivity index (χ2v) is 4.70. The average molecular weight is 379 g/mol. The summed E-state index contributed by atoms with van der Waals surface area (Å²) in [6.45, 7) is 9.54. The lowest BCUT2D eigenvalue weighted by molar-refractivity contribution is -0.385. The summed E-state index contributed by atoms with van der Waals surface area (Å²) in [4.78, 5) is 19.4. The van der Waals surface area contributed by atoms with Crippen molar-refractivity contribution in [3.05, 3.63) is 98.5 Å². The maximum atomic E-state index is 10.2. The van der Waals surface area contributed by atoms with Crippen LogP contribution in [0.15, 0.2) is 72.7 Å². The summed E-state index contributed by atoms with van der Waals surface area (Å²) < 4.78 is 0.845. The fourth-order valence-electron chi connectivity index (χ4n) is 1.29. The summed E-state index contributed by atoms with van der Waals surface area (Å²) in [6.07, 6.45) is 1.64. The highest BCUT2D eigenvalue weighted by molar-refractivity contribution is 9.10. The lowest BCUT2D eigenvalue weighted by atomic mass is 10.2. The Bertz CT molecular complexity index is 655. The average Bonchev–Trinajstić information content (AvgIpc) is 2.57. The molecule has 0 aromatic heterocycles. The first-order valence-electron chi connectivity index (χ1n) is 6.21. The van der Waals surface area contributed by atoms with Gasteiger partial charge in [-0.2, -0.15) is 0 Å². The minimum atomic E-state index is -0.424. The van der Waals surface area contributed by atoms with Crippen LogP contribution in [0, 0.1) is 20.2 Å². The molecule has 0 aliphatic rings. The standard InChI is InChI=1S/C8H7NO2.C6H4BrNO2.C2H4/c1-2-7-3-5-8(6-4-7)9(10)11;7-5-1-3-6(4-2-5)8(9)10;1-2/h2-6H,1H2;1-4H;1-2H2. The molecule has 0 unspecified atom stereocenters. The lowest BCUT2D eigenvalue weighted by Crippen LogP contribution is -1.86. The molecule has 0 bridgehead atoms. The van der Waals surface area contributed by atoms with Crippen molar-refractivity contribution in [1.29, 1.82) is 0 Å². The molecule has 0 aliphatic heterocycles. The minimum Gasteiger partial charge on any atom is -0.258 e. The Labute approximate surface area is 142 Å². The molecule has 0 radical (unpaired) electrons. The number of halogens is 1. The molecule has 2 aromatic rings. The van der Waals surface area contributed by atoms with Crippen LogP contribution < -0.4 is 0 Å². The normalized spacial score (nSPS) is 8.57. The number of hydrogen-bond donors (Lipinski definition) is 0. The Hall–Kier alpha value is -2.80. The zero-order chi connectivity index (χ0) is 17.8. The van der Waals surface area contributed by atoms with E-state index in [0.717, 1.165) is 10.0 Å². The lowest BCUT2D eigenvalue weighted by Gasteiger charge is -1.91. The van der Waals surface area contributed by atoms with Crippen LogP contribution in [0.4, 0.5) is 11.4 Å². The molecule has 23 heavy (non-hydrogen) atoms. The van der Waals surface area contributed by atoms with E-state index in [-0.39, 0.29) is 11.4 Å². The molecule has 0 heterocycles. The van der Waals surface area contributed by atoms with Gasteiger partial charge in [0.05, 0.1) is 9.85 Å². The molecule has 7 heteroatoms. The summed E-state index contributed by atoms with van der Waals surface area (Å²) in [5.74, 6) is 0. The quantitative estimate of drug-likeness (QED) is 0.406. The maximum Gasteiger partial charge on any atom is 0.269 e. The van der Waals surface area contributed by atoms with E-state index in [9.17, 15) is 20.2 Å². The predicted octanol–water partition coefficient (Wildman–Crippen LogP) is 5.40. The third-order valence-corrected chi connectivity index (χ3v) is 2.91. The van der Waals surface area contributed by atoms with Crippen molar-refractivity contribution in [3.63, 3.8) is 0 Å². The van der Waals surface area contributed by atoms with Crippen LogP contribution in [-0.4, -0.2) is 9.85 Å². The highest BCUT2D eigenvalue weighted by Crippen LogP contribution is 2.15. The summed E-state index contributed by atoms with van der Waals surface area (Å²) in [5.41, 5.74) is 1.11. The number of nitrogens with zero attached hydrogens (tertiary/aromatic N) is 2. The Morgan fingerprint density at radius 3 is 1.48 bits per heavy atom. The molecular weight excluding hydrogens is 364 g/mol. The van der Waals surface area contributed by atoms with Crippen LogP contribution in [0.2, 0.25) is 0 Å². The molecule has 0 spiro atoms. The summed E-state index contributed by atoms with van der Waals surface area (Å²) in [6, 6.07) is 12.4. The van der Waals surface area contributed by atoms with Gasteiger partial charge in [-0.15, -0.1) is 13.2 Å². The molecule has 0 atom stereocenters. The van der Waals surface area contributed by atoms with Crippen LogP contribution in [-0.2, 0) is 0 Å². The second kappa shape index (κ2) is 10.9. The topological polar surface area (TPSA) is 86.3 Å². The van der Waals surface area contributed by atoms with E-state index in [1.807, 2.05) is 0 Å². The van der Waals surface area contributed by atoms with Crippen LogP contribution in [0.5, 0.6) is 0 Å². The van der Waals surface area contributed by atoms with Crippen molar-refractivity contribution in [1.82, 2.24) is 0 Å². The second-order valence-electron chi connectivity index (χ2n) is 3.79. The summed E-state index contributed by atoms with van der Waals surface area (Å²) in [5, 5.41) is 20.3. The molecule has 0 fully saturated rings. The third kappa shape index (κ3) is 7.68. The Morgan fingerprint density at radius 2 is 1.17 bits per heavy atom.